The molecule has 0 unspecified atom stereocenters. The Balaban J connectivity index is 2.16. The van der Waals surface area contributed by atoms with Gasteiger partial charge >= 0.3 is 6.09 Å². The number of hydrogen-bond acceptors (Lipinski definition) is 4. The van der Waals surface area contributed by atoms with Crippen LogP contribution in [0.25, 0.3) is 0 Å². The summed E-state index contributed by atoms with van der Waals surface area (Å²) in [7, 11) is -1.91. The maximum Gasteiger partial charge on any atom is 0.417 e. The van der Waals surface area contributed by atoms with Gasteiger partial charge in [0.25, 0.3) is 5.91 Å². The van der Waals surface area contributed by atoms with E-state index in [1.165, 1.54) is 37.0 Å². The van der Waals surface area contributed by atoms with E-state index in [4.69, 9.17) is 9.16 Å². The molecule has 0 N–H and O–H groups in total. The smallest absolute Gasteiger partial charge is 0.417 e. The minimum Gasteiger partial charge on any atom is -0.443 e. The number of carbonyl (C=O) groups is 2. The lowest BCUT2D eigenvalue weighted by Gasteiger charge is -2.49. The predicted molar refractivity (Wildman–Crippen MR) is 110 cm³/mol. The highest BCUT2D eigenvalue weighted by molar-refractivity contribution is 6.73. The van der Waals surface area contributed by atoms with Crippen LogP contribution in [0.5, 0.6) is 0 Å². The van der Waals surface area contributed by atoms with Crippen molar-refractivity contribution in [3.63, 3.8) is 0 Å². The van der Waals surface area contributed by atoms with Gasteiger partial charge in [0.2, 0.25) is 0 Å². The molecule has 0 aromatic heterocycles. The minimum absolute atomic E-state index is 0.160. The minimum atomic E-state index is -1.91. The van der Waals surface area contributed by atoms with Gasteiger partial charge in [0.1, 0.15) is 11.7 Å². The van der Waals surface area contributed by atoms with Crippen LogP contribution in [0.3, 0.4) is 0 Å². The number of nitrogens with zero attached hydrogens (tertiary/aromatic N) is 1. The fourth-order valence-corrected chi connectivity index (χ4v) is 7.24. The second kappa shape index (κ2) is 9.08. The van der Waals surface area contributed by atoms with Gasteiger partial charge in [0.15, 0.2) is 8.32 Å². The van der Waals surface area contributed by atoms with E-state index in [0.29, 0.717) is 5.92 Å². The molecule has 1 aliphatic carbocycles. The number of imide groups is 1. The van der Waals surface area contributed by atoms with Crippen molar-refractivity contribution in [1.29, 1.82) is 0 Å². The van der Waals surface area contributed by atoms with Crippen LogP contribution in [0.1, 0.15) is 80.1 Å². The lowest BCUT2D eigenvalue weighted by atomic mass is 9.81. The molecule has 27 heavy (non-hydrogen) atoms. The van der Waals surface area contributed by atoms with Crippen molar-refractivity contribution < 1.29 is 18.8 Å². The average Bonchev–Trinajstić information content (AvgIpc) is 2.62. The van der Waals surface area contributed by atoms with Gasteiger partial charge in [-0.05, 0) is 51.2 Å². The molecule has 2 atom stereocenters. The first-order chi connectivity index (χ1) is 12.7. The standard InChI is InChI=1S/C21H39NO4Si/c1-7-27(8-2,9-3)26-18-17(15-16-13-11-10-12-14-16)22(19(18)23)20(24)25-21(4,5)6/h16-18H,7-15H2,1-6H3/t17-,18+/m0/s1. The van der Waals surface area contributed by atoms with Crippen molar-refractivity contribution in [3.05, 3.63) is 0 Å². The first-order valence-corrected chi connectivity index (χ1v) is 13.4. The summed E-state index contributed by atoms with van der Waals surface area (Å²) in [6.07, 6.45) is 6.08. The van der Waals surface area contributed by atoms with Crippen molar-refractivity contribution in [2.24, 2.45) is 5.92 Å². The molecule has 0 spiro atoms. The monoisotopic (exact) mass is 397 g/mol. The zero-order chi connectivity index (χ0) is 20.2. The summed E-state index contributed by atoms with van der Waals surface area (Å²) in [6.45, 7) is 12.0. The normalized spacial score (nSPS) is 24.7. The summed E-state index contributed by atoms with van der Waals surface area (Å²) >= 11 is 0. The quantitative estimate of drug-likeness (QED) is 0.421. The topological polar surface area (TPSA) is 55.8 Å². The third-order valence-electron chi connectivity index (χ3n) is 6.36. The molecular weight excluding hydrogens is 358 g/mol. The van der Waals surface area contributed by atoms with E-state index in [0.717, 1.165) is 24.6 Å². The maximum absolute atomic E-state index is 12.9. The van der Waals surface area contributed by atoms with Gasteiger partial charge in [-0.3, -0.25) is 4.79 Å². The average molecular weight is 398 g/mol. The van der Waals surface area contributed by atoms with E-state index in [1.54, 1.807) is 0 Å². The molecule has 5 nitrogen and oxygen atoms in total. The SMILES string of the molecule is CC[Si](CC)(CC)O[C@H]1C(=O)N(C(=O)OC(C)(C)C)[C@H]1CC1CCCCC1. The zero-order valence-electron chi connectivity index (χ0n) is 18.2. The van der Waals surface area contributed by atoms with Crippen molar-refractivity contribution in [1.82, 2.24) is 4.90 Å². The Morgan fingerprint density at radius 2 is 1.63 bits per heavy atom. The molecule has 1 saturated heterocycles. The highest BCUT2D eigenvalue weighted by Crippen LogP contribution is 2.38. The summed E-state index contributed by atoms with van der Waals surface area (Å²) in [4.78, 5) is 26.9. The second-order valence-electron chi connectivity index (χ2n) is 9.28. The fraction of sp³-hybridized carbons (Fsp3) is 0.905. The number of β-lactam (4-membered cyclic amide) rings is 1. The molecule has 0 aromatic rings. The van der Waals surface area contributed by atoms with E-state index in [-0.39, 0.29) is 11.9 Å². The number of rotatable bonds is 7. The van der Waals surface area contributed by atoms with Crippen LogP contribution in [-0.2, 0) is 14.0 Å². The molecule has 0 aromatic carbocycles. The Kier molecular flexibility index (Phi) is 7.53. The highest BCUT2D eigenvalue weighted by Gasteiger charge is 2.55. The van der Waals surface area contributed by atoms with Crippen LogP contribution in [0, 0.1) is 5.92 Å². The summed E-state index contributed by atoms with van der Waals surface area (Å²) in [6, 6.07) is 2.86. The van der Waals surface area contributed by atoms with Crippen molar-refractivity contribution in [2.45, 2.75) is 116 Å². The number of carbonyl (C=O) groups excluding carboxylic acids is 2. The zero-order valence-corrected chi connectivity index (χ0v) is 19.2. The largest absolute Gasteiger partial charge is 0.443 e. The van der Waals surface area contributed by atoms with Crippen LogP contribution < -0.4 is 0 Å². The molecule has 156 valence electrons. The number of amides is 2. The Hall–Kier alpha value is -0.883. The number of hydrogen-bond donors (Lipinski definition) is 0. The van der Waals surface area contributed by atoms with Crippen LogP contribution in [0.2, 0.25) is 18.1 Å². The highest BCUT2D eigenvalue weighted by atomic mass is 28.4. The van der Waals surface area contributed by atoms with Gasteiger partial charge in [-0.1, -0.05) is 52.9 Å². The van der Waals surface area contributed by atoms with Crippen molar-refractivity contribution in [3.8, 4) is 0 Å². The predicted octanol–water partition coefficient (Wildman–Crippen LogP) is 5.49. The summed E-state index contributed by atoms with van der Waals surface area (Å²) < 4.78 is 12.0. The van der Waals surface area contributed by atoms with Crippen LogP contribution >= 0.6 is 0 Å². The van der Waals surface area contributed by atoms with E-state index in [1.807, 2.05) is 20.8 Å². The van der Waals surface area contributed by atoms with Gasteiger partial charge in [-0.2, -0.15) is 0 Å². The molecule has 0 radical (unpaired) electrons. The van der Waals surface area contributed by atoms with E-state index >= 15 is 0 Å². The summed E-state index contributed by atoms with van der Waals surface area (Å²) in [5.41, 5.74) is -0.604. The Labute approximate surface area is 166 Å². The van der Waals surface area contributed by atoms with Gasteiger partial charge < -0.3 is 9.16 Å². The van der Waals surface area contributed by atoms with Gasteiger partial charge in [0, 0.05) is 0 Å². The third kappa shape index (κ3) is 5.34. The maximum atomic E-state index is 12.9. The number of ether oxygens (including phenoxy) is 1. The molecule has 2 rings (SSSR count). The van der Waals surface area contributed by atoms with Gasteiger partial charge in [-0.25, -0.2) is 9.69 Å². The number of likely N-dealkylation sites (tertiary alicyclic amines) is 1. The van der Waals surface area contributed by atoms with Crippen molar-refractivity contribution >= 4 is 20.3 Å². The molecule has 1 saturated carbocycles. The Bertz CT molecular complexity index is 513. The van der Waals surface area contributed by atoms with E-state index < -0.39 is 26.1 Å². The fourth-order valence-electron chi connectivity index (χ4n) is 4.45. The van der Waals surface area contributed by atoms with Gasteiger partial charge in [0.05, 0.1) is 6.04 Å². The Morgan fingerprint density at radius 3 is 2.11 bits per heavy atom. The molecule has 0 bridgehead atoms. The van der Waals surface area contributed by atoms with Crippen molar-refractivity contribution in [2.75, 3.05) is 0 Å². The first kappa shape index (κ1) is 22.4. The van der Waals surface area contributed by atoms with Crippen LogP contribution in [0.4, 0.5) is 4.79 Å². The van der Waals surface area contributed by atoms with Crippen LogP contribution in [-0.4, -0.2) is 43.0 Å². The lowest BCUT2D eigenvalue weighted by molar-refractivity contribution is -0.163. The molecule has 1 aliphatic heterocycles. The van der Waals surface area contributed by atoms with Crippen LogP contribution in [0.15, 0.2) is 0 Å². The first-order valence-electron chi connectivity index (χ1n) is 10.9. The molecular formula is C21H39NO4Si. The molecule has 2 fully saturated rings. The Morgan fingerprint density at radius 1 is 1.07 bits per heavy atom. The second-order valence-corrected chi connectivity index (χ2v) is 14.0. The lowest BCUT2D eigenvalue weighted by Crippen LogP contribution is -2.70. The third-order valence-corrected chi connectivity index (χ3v) is 11.0. The summed E-state index contributed by atoms with van der Waals surface area (Å²) in [5.74, 6) is 0.381. The van der Waals surface area contributed by atoms with E-state index in [2.05, 4.69) is 20.8 Å². The molecule has 2 aliphatic rings. The molecule has 6 heteroatoms. The molecule has 1 heterocycles. The molecule has 2 amide bonds. The summed E-state index contributed by atoms with van der Waals surface area (Å²) in [5, 5.41) is 0. The van der Waals surface area contributed by atoms with Gasteiger partial charge in [-0.15, -0.1) is 0 Å². The van der Waals surface area contributed by atoms with E-state index in [9.17, 15) is 9.59 Å².